The van der Waals surface area contributed by atoms with Crippen molar-refractivity contribution in [2.45, 2.75) is 18.9 Å². The van der Waals surface area contributed by atoms with Crippen molar-refractivity contribution in [3.8, 4) is 6.07 Å². The second kappa shape index (κ2) is 5.33. The molecule has 94 valence electrons. The van der Waals surface area contributed by atoms with E-state index in [0.29, 0.717) is 17.7 Å². The van der Waals surface area contributed by atoms with E-state index in [0.717, 1.165) is 15.8 Å². The maximum atomic E-state index is 12.2. The monoisotopic (exact) mass is 324 g/mol. The Kier molecular flexibility index (Phi) is 3.98. The number of nitrogens with zero attached hydrogens (tertiary/aromatic N) is 1. The molecule has 1 N–H and O–H groups in total. The molecule has 0 spiro atoms. The van der Waals surface area contributed by atoms with E-state index in [9.17, 15) is 10.1 Å². The number of hydrogen-bond donors (Lipinski definition) is 1. The number of rotatable bonds is 2. The summed E-state index contributed by atoms with van der Waals surface area (Å²) in [5, 5.41) is 12.1. The van der Waals surface area contributed by atoms with E-state index in [1.807, 2.05) is 19.1 Å². The van der Waals surface area contributed by atoms with Gasteiger partial charge < -0.3 is 5.32 Å². The lowest BCUT2D eigenvalue weighted by Gasteiger charge is -2.21. The van der Waals surface area contributed by atoms with Crippen molar-refractivity contribution < 1.29 is 4.79 Å². The van der Waals surface area contributed by atoms with Crippen LogP contribution >= 0.6 is 27.7 Å². The highest BCUT2D eigenvalue weighted by Crippen LogP contribution is 2.28. The van der Waals surface area contributed by atoms with Crippen molar-refractivity contribution in [1.82, 2.24) is 5.32 Å². The minimum absolute atomic E-state index is 0.169. The standard InChI is InChI=1S/C13H13BrN2OS/c1-9-2-3-10(14)6-11(9)12(17)16-13(7-15)4-5-18-8-13/h2-3,6H,4-5,8H2,1H3,(H,16,17). The van der Waals surface area contributed by atoms with Crippen molar-refractivity contribution in [3.05, 3.63) is 33.8 Å². The molecule has 1 aromatic rings. The molecule has 1 aliphatic heterocycles. The number of halogens is 1. The first-order valence-corrected chi connectivity index (χ1v) is 7.59. The number of hydrogen-bond acceptors (Lipinski definition) is 3. The number of carbonyl (C=O) groups is 1. The van der Waals surface area contributed by atoms with Gasteiger partial charge in [0.2, 0.25) is 0 Å². The van der Waals surface area contributed by atoms with Crippen LogP contribution in [0.4, 0.5) is 0 Å². The summed E-state index contributed by atoms with van der Waals surface area (Å²) in [6, 6.07) is 7.83. The number of nitriles is 1. The molecule has 0 aromatic heterocycles. The molecule has 0 bridgehead atoms. The summed E-state index contributed by atoms with van der Waals surface area (Å²) in [5.41, 5.74) is 0.835. The molecule has 1 atom stereocenters. The predicted octanol–water partition coefficient (Wildman–Crippen LogP) is 2.89. The average molecular weight is 325 g/mol. The largest absolute Gasteiger partial charge is 0.333 e. The van der Waals surface area contributed by atoms with E-state index in [2.05, 4.69) is 27.3 Å². The molecule has 3 nitrogen and oxygen atoms in total. The van der Waals surface area contributed by atoms with Gasteiger partial charge in [-0.2, -0.15) is 17.0 Å². The Bertz CT molecular complexity index is 518. The van der Waals surface area contributed by atoms with Crippen LogP contribution in [-0.4, -0.2) is 23.0 Å². The van der Waals surface area contributed by atoms with Gasteiger partial charge in [-0.1, -0.05) is 22.0 Å². The number of nitrogens with one attached hydrogen (secondary N) is 1. The van der Waals surface area contributed by atoms with Crippen molar-refractivity contribution in [3.63, 3.8) is 0 Å². The molecule has 0 radical (unpaired) electrons. The van der Waals surface area contributed by atoms with Crippen molar-refractivity contribution in [1.29, 1.82) is 5.26 Å². The summed E-state index contributed by atoms with van der Waals surface area (Å²) in [6.07, 6.45) is 0.715. The highest BCUT2D eigenvalue weighted by Gasteiger charge is 2.36. The molecule has 1 aromatic carbocycles. The summed E-state index contributed by atoms with van der Waals surface area (Å²) >= 11 is 5.06. The molecular weight excluding hydrogens is 312 g/mol. The topological polar surface area (TPSA) is 52.9 Å². The number of aryl methyl sites for hydroxylation is 1. The van der Waals surface area contributed by atoms with E-state index in [4.69, 9.17) is 0 Å². The molecule has 1 unspecified atom stereocenters. The van der Waals surface area contributed by atoms with Gasteiger partial charge in [-0.05, 0) is 36.8 Å². The Morgan fingerprint density at radius 2 is 2.39 bits per heavy atom. The second-order valence-electron chi connectivity index (χ2n) is 4.41. The van der Waals surface area contributed by atoms with E-state index in [-0.39, 0.29) is 5.91 Å². The first-order valence-electron chi connectivity index (χ1n) is 5.64. The van der Waals surface area contributed by atoms with Crippen LogP contribution in [0, 0.1) is 18.3 Å². The minimum atomic E-state index is -0.698. The van der Waals surface area contributed by atoms with Crippen LogP contribution < -0.4 is 5.32 Å². The SMILES string of the molecule is Cc1ccc(Br)cc1C(=O)NC1(C#N)CCSC1. The van der Waals surface area contributed by atoms with Gasteiger partial charge in [-0.25, -0.2) is 0 Å². The lowest BCUT2D eigenvalue weighted by molar-refractivity contribution is 0.0925. The highest BCUT2D eigenvalue weighted by molar-refractivity contribution is 9.10. The molecular formula is C13H13BrN2OS. The Balaban J connectivity index is 2.22. The van der Waals surface area contributed by atoms with Crippen molar-refractivity contribution in [2.75, 3.05) is 11.5 Å². The van der Waals surface area contributed by atoms with Crippen LogP contribution in [-0.2, 0) is 0 Å². The summed E-state index contributed by atoms with van der Waals surface area (Å²) < 4.78 is 0.866. The van der Waals surface area contributed by atoms with Crippen molar-refractivity contribution in [2.24, 2.45) is 0 Å². The second-order valence-corrected chi connectivity index (χ2v) is 6.43. The lowest BCUT2D eigenvalue weighted by atomic mass is 9.99. The quantitative estimate of drug-likeness (QED) is 0.910. The van der Waals surface area contributed by atoms with Crippen LogP contribution in [0.3, 0.4) is 0 Å². The molecule has 1 amide bonds. The Morgan fingerprint density at radius 3 is 3.00 bits per heavy atom. The Labute approximate surface area is 119 Å². The Morgan fingerprint density at radius 1 is 1.61 bits per heavy atom. The summed E-state index contributed by atoms with van der Waals surface area (Å²) in [6.45, 7) is 1.89. The molecule has 18 heavy (non-hydrogen) atoms. The fraction of sp³-hybridized carbons (Fsp3) is 0.385. The zero-order valence-electron chi connectivity index (χ0n) is 10.00. The van der Waals surface area contributed by atoms with Gasteiger partial charge in [0.1, 0.15) is 5.54 Å². The van der Waals surface area contributed by atoms with Gasteiger partial charge >= 0.3 is 0 Å². The number of carbonyl (C=O) groups excluding carboxylic acids is 1. The smallest absolute Gasteiger partial charge is 0.252 e. The predicted molar refractivity (Wildman–Crippen MR) is 76.6 cm³/mol. The van der Waals surface area contributed by atoms with Crippen LogP contribution in [0.1, 0.15) is 22.3 Å². The van der Waals surface area contributed by atoms with E-state index in [1.165, 1.54) is 0 Å². The molecule has 5 heteroatoms. The number of benzene rings is 1. The van der Waals surface area contributed by atoms with E-state index < -0.39 is 5.54 Å². The normalized spacial score (nSPS) is 22.5. The average Bonchev–Trinajstić information content (AvgIpc) is 2.81. The van der Waals surface area contributed by atoms with Crippen LogP contribution in [0.15, 0.2) is 22.7 Å². The van der Waals surface area contributed by atoms with E-state index in [1.54, 1.807) is 17.8 Å². The van der Waals surface area contributed by atoms with Gasteiger partial charge in [0.05, 0.1) is 6.07 Å². The molecule has 2 rings (SSSR count). The van der Waals surface area contributed by atoms with E-state index >= 15 is 0 Å². The third-order valence-electron chi connectivity index (χ3n) is 3.03. The number of amides is 1. The zero-order valence-corrected chi connectivity index (χ0v) is 12.4. The molecule has 1 aliphatic rings. The first-order chi connectivity index (χ1) is 8.56. The van der Waals surface area contributed by atoms with Gasteiger partial charge in [-0.15, -0.1) is 0 Å². The maximum absolute atomic E-state index is 12.2. The molecule has 1 fully saturated rings. The lowest BCUT2D eigenvalue weighted by Crippen LogP contribution is -2.47. The van der Waals surface area contributed by atoms with Gasteiger partial charge in [0.15, 0.2) is 0 Å². The summed E-state index contributed by atoms with van der Waals surface area (Å²) in [4.78, 5) is 12.2. The third kappa shape index (κ3) is 2.70. The van der Waals surface area contributed by atoms with Crippen LogP contribution in [0.2, 0.25) is 0 Å². The minimum Gasteiger partial charge on any atom is -0.333 e. The van der Waals surface area contributed by atoms with Gasteiger partial charge in [-0.3, -0.25) is 4.79 Å². The molecule has 0 saturated carbocycles. The maximum Gasteiger partial charge on any atom is 0.252 e. The van der Waals surface area contributed by atoms with Gasteiger partial charge in [0, 0.05) is 15.8 Å². The fourth-order valence-electron chi connectivity index (χ4n) is 1.90. The molecule has 0 aliphatic carbocycles. The summed E-state index contributed by atoms with van der Waals surface area (Å²) in [7, 11) is 0. The summed E-state index contributed by atoms with van der Waals surface area (Å²) in [5.74, 6) is 1.42. The van der Waals surface area contributed by atoms with Crippen molar-refractivity contribution >= 4 is 33.6 Å². The first kappa shape index (κ1) is 13.4. The number of thioether (sulfide) groups is 1. The third-order valence-corrected chi connectivity index (χ3v) is 4.72. The molecule has 1 heterocycles. The fourth-order valence-corrected chi connectivity index (χ4v) is 3.53. The van der Waals surface area contributed by atoms with Crippen LogP contribution in [0.5, 0.6) is 0 Å². The zero-order chi connectivity index (χ0) is 13.2. The highest BCUT2D eigenvalue weighted by atomic mass is 79.9. The van der Waals surface area contributed by atoms with Crippen LogP contribution in [0.25, 0.3) is 0 Å². The molecule has 1 saturated heterocycles. The van der Waals surface area contributed by atoms with Gasteiger partial charge in [0.25, 0.3) is 5.91 Å². The Hall–Kier alpha value is -0.990.